The van der Waals surface area contributed by atoms with Crippen molar-refractivity contribution in [3.63, 3.8) is 0 Å². The van der Waals surface area contributed by atoms with Crippen LogP contribution in [-0.2, 0) is 11.3 Å². The Kier molecular flexibility index (Phi) is 3.05. The molecule has 0 fully saturated rings. The topological polar surface area (TPSA) is 38.7 Å². The number of nitrogens with zero attached hydrogens (tertiary/aromatic N) is 1. The summed E-state index contributed by atoms with van der Waals surface area (Å²) < 4.78 is 5.00. The monoisotopic (exact) mass is 271 g/mol. The normalized spacial score (nSPS) is 13.6. The predicted octanol–water partition coefficient (Wildman–Crippen LogP) is 3.76. The Morgan fingerprint density at radius 2 is 1.95 bits per heavy atom. The van der Waals surface area contributed by atoms with E-state index >= 15 is 0 Å². The van der Waals surface area contributed by atoms with Gasteiger partial charge in [0.2, 0.25) is 0 Å². The van der Waals surface area contributed by atoms with Crippen molar-refractivity contribution in [3.8, 4) is 0 Å². The van der Waals surface area contributed by atoms with Crippen LogP contribution < -0.4 is 0 Å². The molecule has 4 heteroatoms. The minimum absolute atomic E-state index is 0.279. The van der Waals surface area contributed by atoms with Gasteiger partial charge in [0.1, 0.15) is 6.61 Å². The highest BCUT2D eigenvalue weighted by Crippen LogP contribution is 2.29. The Balaban J connectivity index is 1.92. The first-order valence-corrected chi connectivity index (χ1v) is 6.20. The molecular formula is C15H10ClNO2. The van der Waals surface area contributed by atoms with Crippen LogP contribution in [0.5, 0.6) is 0 Å². The average Bonchev–Trinajstić information content (AvgIpc) is 2.81. The highest BCUT2D eigenvalue weighted by Gasteiger charge is 2.22. The molecule has 1 aliphatic rings. The lowest BCUT2D eigenvalue weighted by molar-refractivity contribution is 0.0535. The van der Waals surface area contributed by atoms with Crippen LogP contribution in [0.15, 0.2) is 47.5 Å². The quantitative estimate of drug-likeness (QED) is 0.616. The third-order valence-electron chi connectivity index (χ3n) is 2.94. The first kappa shape index (κ1) is 11.9. The van der Waals surface area contributed by atoms with Crippen molar-refractivity contribution in [2.24, 2.45) is 4.99 Å². The van der Waals surface area contributed by atoms with Gasteiger partial charge in [-0.2, -0.15) is 0 Å². The van der Waals surface area contributed by atoms with Crippen molar-refractivity contribution in [1.82, 2.24) is 0 Å². The molecule has 0 spiro atoms. The van der Waals surface area contributed by atoms with Gasteiger partial charge in [-0.25, -0.2) is 4.79 Å². The van der Waals surface area contributed by atoms with Gasteiger partial charge in [0.25, 0.3) is 0 Å². The standard InChI is InChI=1S/C15H10ClNO2/c16-11-6-4-10(5-7-11)8-17-14-3-1-2-12-13(14)9-19-15(12)18/h1-8H,9H2. The van der Waals surface area contributed by atoms with Gasteiger partial charge < -0.3 is 4.74 Å². The summed E-state index contributed by atoms with van der Waals surface area (Å²) in [5, 5.41) is 0.691. The van der Waals surface area contributed by atoms with Gasteiger partial charge in [-0.05, 0) is 29.8 Å². The number of cyclic esters (lactones) is 1. The maximum atomic E-state index is 11.4. The van der Waals surface area contributed by atoms with Crippen LogP contribution in [-0.4, -0.2) is 12.2 Å². The molecule has 94 valence electrons. The van der Waals surface area contributed by atoms with Gasteiger partial charge in [0.15, 0.2) is 0 Å². The fourth-order valence-electron chi connectivity index (χ4n) is 1.95. The van der Waals surface area contributed by atoms with Crippen molar-refractivity contribution in [2.45, 2.75) is 6.61 Å². The molecule has 0 N–H and O–H groups in total. The molecule has 1 aliphatic heterocycles. The molecule has 0 aliphatic carbocycles. The summed E-state index contributed by atoms with van der Waals surface area (Å²) >= 11 is 5.82. The number of esters is 1. The molecule has 19 heavy (non-hydrogen) atoms. The average molecular weight is 272 g/mol. The van der Waals surface area contributed by atoms with Crippen LogP contribution in [0.2, 0.25) is 5.02 Å². The molecule has 3 rings (SSSR count). The Morgan fingerprint density at radius 1 is 1.16 bits per heavy atom. The van der Waals surface area contributed by atoms with E-state index in [0.29, 0.717) is 17.2 Å². The lowest BCUT2D eigenvalue weighted by Gasteiger charge is -1.99. The van der Waals surface area contributed by atoms with Gasteiger partial charge in [-0.1, -0.05) is 29.8 Å². The highest BCUT2D eigenvalue weighted by atomic mass is 35.5. The van der Waals surface area contributed by atoms with Gasteiger partial charge >= 0.3 is 5.97 Å². The molecule has 1 heterocycles. The molecule has 0 amide bonds. The van der Waals surface area contributed by atoms with E-state index in [0.717, 1.165) is 16.8 Å². The number of benzene rings is 2. The Bertz CT molecular complexity index is 662. The van der Waals surface area contributed by atoms with Crippen LogP contribution in [0.25, 0.3) is 0 Å². The SMILES string of the molecule is O=C1OCc2c(N=Cc3ccc(Cl)cc3)cccc21. The molecule has 0 saturated heterocycles. The predicted molar refractivity (Wildman–Crippen MR) is 74.3 cm³/mol. The fourth-order valence-corrected chi connectivity index (χ4v) is 2.07. The summed E-state index contributed by atoms with van der Waals surface area (Å²) in [6.45, 7) is 0.294. The summed E-state index contributed by atoms with van der Waals surface area (Å²) in [4.78, 5) is 15.9. The van der Waals surface area contributed by atoms with Crippen molar-refractivity contribution < 1.29 is 9.53 Å². The van der Waals surface area contributed by atoms with E-state index < -0.39 is 0 Å². The van der Waals surface area contributed by atoms with E-state index in [4.69, 9.17) is 16.3 Å². The first-order valence-electron chi connectivity index (χ1n) is 5.83. The molecule has 3 nitrogen and oxygen atoms in total. The zero-order valence-corrected chi connectivity index (χ0v) is 10.7. The second-order valence-electron chi connectivity index (χ2n) is 4.19. The number of fused-ring (bicyclic) bond motifs is 1. The molecule has 0 aromatic heterocycles. The maximum Gasteiger partial charge on any atom is 0.338 e. The third kappa shape index (κ3) is 2.37. The summed E-state index contributed by atoms with van der Waals surface area (Å²) in [6, 6.07) is 12.8. The number of hydrogen-bond acceptors (Lipinski definition) is 3. The van der Waals surface area contributed by atoms with Crippen LogP contribution in [0, 0.1) is 0 Å². The molecule has 0 unspecified atom stereocenters. The maximum absolute atomic E-state index is 11.4. The number of hydrogen-bond donors (Lipinski definition) is 0. The van der Waals surface area contributed by atoms with E-state index in [2.05, 4.69) is 4.99 Å². The van der Waals surface area contributed by atoms with Gasteiger partial charge in [0, 0.05) is 16.8 Å². The minimum Gasteiger partial charge on any atom is -0.457 e. The van der Waals surface area contributed by atoms with E-state index in [1.165, 1.54) is 0 Å². The second-order valence-corrected chi connectivity index (χ2v) is 4.63. The van der Waals surface area contributed by atoms with Crippen molar-refractivity contribution >= 4 is 29.5 Å². The first-order chi connectivity index (χ1) is 9.24. The van der Waals surface area contributed by atoms with Gasteiger partial charge in [-0.3, -0.25) is 4.99 Å². The largest absolute Gasteiger partial charge is 0.457 e. The summed E-state index contributed by atoms with van der Waals surface area (Å²) in [5.74, 6) is -0.279. The Labute approximate surface area is 115 Å². The van der Waals surface area contributed by atoms with Gasteiger partial charge in [0.05, 0.1) is 11.3 Å². The molecule has 0 saturated carbocycles. The van der Waals surface area contributed by atoms with E-state index in [9.17, 15) is 4.79 Å². The summed E-state index contributed by atoms with van der Waals surface area (Å²) in [7, 11) is 0. The molecule has 2 aromatic rings. The van der Waals surface area contributed by atoms with Crippen LogP contribution in [0.1, 0.15) is 21.5 Å². The summed E-state index contributed by atoms with van der Waals surface area (Å²) in [6.07, 6.45) is 1.74. The van der Waals surface area contributed by atoms with Crippen LogP contribution in [0.4, 0.5) is 5.69 Å². The zero-order chi connectivity index (χ0) is 13.2. The van der Waals surface area contributed by atoms with E-state index in [-0.39, 0.29) is 5.97 Å². The fraction of sp³-hybridized carbons (Fsp3) is 0.0667. The molecule has 0 atom stereocenters. The molecule has 0 bridgehead atoms. The van der Waals surface area contributed by atoms with Crippen molar-refractivity contribution in [3.05, 3.63) is 64.2 Å². The van der Waals surface area contributed by atoms with Crippen LogP contribution in [0.3, 0.4) is 0 Å². The summed E-state index contributed by atoms with van der Waals surface area (Å²) in [5.41, 5.74) is 3.16. The van der Waals surface area contributed by atoms with Crippen molar-refractivity contribution in [1.29, 1.82) is 0 Å². The van der Waals surface area contributed by atoms with Gasteiger partial charge in [-0.15, -0.1) is 0 Å². The minimum atomic E-state index is -0.279. The number of aliphatic imine (C=N–C) groups is 1. The third-order valence-corrected chi connectivity index (χ3v) is 3.19. The van der Waals surface area contributed by atoms with E-state index in [1.54, 1.807) is 18.3 Å². The smallest absolute Gasteiger partial charge is 0.338 e. The zero-order valence-electron chi connectivity index (χ0n) is 9.97. The lowest BCUT2D eigenvalue weighted by atomic mass is 10.1. The molecular weight excluding hydrogens is 262 g/mol. The number of rotatable bonds is 2. The molecule has 2 aromatic carbocycles. The van der Waals surface area contributed by atoms with Crippen molar-refractivity contribution in [2.75, 3.05) is 0 Å². The van der Waals surface area contributed by atoms with Crippen LogP contribution >= 0.6 is 11.6 Å². The van der Waals surface area contributed by atoms with E-state index in [1.807, 2.05) is 30.3 Å². The lowest BCUT2D eigenvalue weighted by Crippen LogP contribution is -1.92. The number of carbonyl (C=O) groups is 1. The number of carbonyl (C=O) groups excluding carboxylic acids is 1. The Morgan fingerprint density at radius 3 is 2.74 bits per heavy atom. The second kappa shape index (κ2) is 4.86. The molecule has 0 radical (unpaired) electrons. The highest BCUT2D eigenvalue weighted by molar-refractivity contribution is 6.30. The Hall–Kier alpha value is -2.13. The number of ether oxygens (including phenoxy) is 1. The number of halogens is 1.